The van der Waals surface area contributed by atoms with Crippen LogP contribution >= 0.6 is 0 Å². The van der Waals surface area contributed by atoms with Gasteiger partial charge in [-0.15, -0.1) is 0 Å². The van der Waals surface area contributed by atoms with Crippen LogP contribution in [0.1, 0.15) is 43.8 Å². The number of nitrogens with one attached hydrogen (secondary N) is 1. The molecule has 21 heavy (non-hydrogen) atoms. The number of fused-ring (bicyclic) bond motifs is 1. The van der Waals surface area contributed by atoms with Crippen LogP contribution in [-0.2, 0) is 6.42 Å². The van der Waals surface area contributed by atoms with E-state index >= 15 is 0 Å². The fraction of sp³-hybridized carbons (Fsp3) is 0.400. The second kappa shape index (κ2) is 5.65. The van der Waals surface area contributed by atoms with E-state index in [9.17, 15) is 0 Å². The van der Waals surface area contributed by atoms with E-state index in [2.05, 4.69) is 34.0 Å². The lowest BCUT2D eigenvalue weighted by Gasteiger charge is -2.08. The number of hydrogen-bond donors (Lipinski definition) is 2. The first-order valence-corrected chi connectivity index (χ1v) is 7.13. The highest BCUT2D eigenvalue weighted by molar-refractivity contribution is 5.74. The summed E-state index contributed by atoms with van der Waals surface area (Å²) in [5, 5.41) is 3.98. The second-order valence-corrected chi connectivity index (χ2v) is 5.66. The summed E-state index contributed by atoms with van der Waals surface area (Å²) >= 11 is 0. The van der Waals surface area contributed by atoms with E-state index in [4.69, 9.17) is 10.3 Å². The van der Waals surface area contributed by atoms with E-state index in [0.717, 1.165) is 23.3 Å². The normalized spacial score (nSPS) is 13.1. The molecule has 0 aliphatic carbocycles. The molecular weight excluding hydrogens is 266 g/mol. The first-order chi connectivity index (χ1) is 10.1. The van der Waals surface area contributed by atoms with Crippen LogP contribution in [-0.4, -0.2) is 20.1 Å². The zero-order valence-electron chi connectivity index (χ0n) is 12.2. The number of benzene rings is 1. The summed E-state index contributed by atoms with van der Waals surface area (Å²) < 4.78 is 5.25. The van der Waals surface area contributed by atoms with E-state index < -0.39 is 0 Å². The molecule has 0 saturated carbocycles. The molecule has 3 aromatic rings. The average molecular weight is 285 g/mol. The summed E-state index contributed by atoms with van der Waals surface area (Å²) in [4.78, 5) is 12.1. The number of rotatable bonds is 5. The second-order valence-electron chi connectivity index (χ2n) is 5.66. The number of hydrogen-bond acceptors (Lipinski definition) is 5. The molecule has 1 aromatic carbocycles. The van der Waals surface area contributed by atoms with Gasteiger partial charge in [0.2, 0.25) is 5.89 Å². The summed E-state index contributed by atoms with van der Waals surface area (Å²) in [6.07, 6.45) is 1.33. The number of imidazole rings is 1. The molecule has 2 heterocycles. The fourth-order valence-electron chi connectivity index (χ4n) is 2.34. The zero-order valence-corrected chi connectivity index (χ0v) is 12.2. The van der Waals surface area contributed by atoms with E-state index in [1.165, 1.54) is 0 Å². The number of para-hydroxylation sites is 2. The molecule has 1 atom stereocenters. The van der Waals surface area contributed by atoms with E-state index in [1.54, 1.807) is 0 Å². The molecule has 1 unspecified atom stereocenters. The first-order valence-electron chi connectivity index (χ1n) is 7.13. The maximum Gasteiger partial charge on any atom is 0.243 e. The van der Waals surface area contributed by atoms with Crippen molar-refractivity contribution in [2.75, 3.05) is 0 Å². The molecule has 6 heteroatoms. The summed E-state index contributed by atoms with van der Waals surface area (Å²) in [5.74, 6) is 2.41. The number of aromatic nitrogens is 4. The van der Waals surface area contributed by atoms with Gasteiger partial charge >= 0.3 is 0 Å². The van der Waals surface area contributed by atoms with Crippen molar-refractivity contribution < 1.29 is 4.52 Å². The highest BCUT2D eigenvalue weighted by atomic mass is 16.5. The molecule has 0 bridgehead atoms. The lowest BCUT2D eigenvalue weighted by atomic mass is 10.0. The molecule has 0 spiro atoms. The van der Waals surface area contributed by atoms with Gasteiger partial charge in [0.05, 0.1) is 23.5 Å². The van der Waals surface area contributed by atoms with Gasteiger partial charge in [0, 0.05) is 0 Å². The van der Waals surface area contributed by atoms with Crippen molar-refractivity contribution in [1.29, 1.82) is 0 Å². The largest absolute Gasteiger partial charge is 0.342 e. The van der Waals surface area contributed by atoms with Crippen LogP contribution < -0.4 is 5.73 Å². The fourth-order valence-corrected chi connectivity index (χ4v) is 2.34. The standard InChI is InChI=1S/C15H19N5O/c1-9(2)7-10(16)15-19-14(20-21-15)8-13-17-11-5-3-4-6-12(11)18-13/h3-6,9-10H,7-8,16H2,1-2H3,(H,17,18). The van der Waals surface area contributed by atoms with Crippen molar-refractivity contribution in [3.05, 3.63) is 41.8 Å². The van der Waals surface area contributed by atoms with Crippen LogP contribution in [0.3, 0.4) is 0 Å². The highest BCUT2D eigenvalue weighted by Gasteiger charge is 2.17. The monoisotopic (exact) mass is 285 g/mol. The van der Waals surface area contributed by atoms with Gasteiger partial charge < -0.3 is 15.2 Å². The van der Waals surface area contributed by atoms with Crippen LogP contribution in [0, 0.1) is 5.92 Å². The molecule has 6 nitrogen and oxygen atoms in total. The third-order valence-corrected chi connectivity index (χ3v) is 3.29. The summed E-state index contributed by atoms with van der Waals surface area (Å²) in [7, 11) is 0. The molecule has 0 radical (unpaired) electrons. The van der Waals surface area contributed by atoms with Gasteiger partial charge in [-0.05, 0) is 24.5 Å². The third-order valence-electron chi connectivity index (χ3n) is 3.29. The van der Waals surface area contributed by atoms with E-state index in [1.807, 2.05) is 24.3 Å². The Kier molecular flexibility index (Phi) is 3.70. The van der Waals surface area contributed by atoms with E-state index in [-0.39, 0.29) is 6.04 Å². The summed E-state index contributed by atoms with van der Waals surface area (Å²) in [6.45, 7) is 4.23. The molecule has 0 amide bonds. The topological polar surface area (TPSA) is 93.6 Å². The Morgan fingerprint density at radius 1 is 1.24 bits per heavy atom. The SMILES string of the molecule is CC(C)CC(N)c1nc(Cc2nc3ccccc3[nH]2)no1. The molecule has 0 saturated heterocycles. The molecule has 3 N–H and O–H groups in total. The molecule has 3 rings (SSSR count). The predicted octanol–water partition coefficient (Wildman–Crippen LogP) is 2.58. The minimum atomic E-state index is -0.207. The van der Waals surface area contributed by atoms with Crippen molar-refractivity contribution >= 4 is 11.0 Å². The van der Waals surface area contributed by atoms with Crippen molar-refractivity contribution in [2.45, 2.75) is 32.7 Å². The Morgan fingerprint density at radius 3 is 2.81 bits per heavy atom. The molecule has 0 aliphatic heterocycles. The van der Waals surface area contributed by atoms with Crippen LogP contribution in [0.15, 0.2) is 28.8 Å². The molecule has 2 aromatic heterocycles. The Labute approximate surface area is 122 Å². The van der Waals surface area contributed by atoms with Crippen LogP contribution in [0.4, 0.5) is 0 Å². The van der Waals surface area contributed by atoms with Gasteiger partial charge in [0.15, 0.2) is 5.82 Å². The van der Waals surface area contributed by atoms with Gasteiger partial charge in [0.25, 0.3) is 0 Å². The molecular formula is C15H19N5O. The number of H-pyrrole nitrogens is 1. The minimum Gasteiger partial charge on any atom is -0.342 e. The van der Waals surface area contributed by atoms with Gasteiger partial charge in [-0.1, -0.05) is 31.1 Å². The first kappa shape index (κ1) is 13.8. The van der Waals surface area contributed by atoms with Gasteiger partial charge in [-0.25, -0.2) is 4.98 Å². The van der Waals surface area contributed by atoms with Crippen LogP contribution in [0.25, 0.3) is 11.0 Å². The Bertz CT molecular complexity index is 697. The van der Waals surface area contributed by atoms with Crippen molar-refractivity contribution in [3.63, 3.8) is 0 Å². The Hall–Kier alpha value is -2.21. The smallest absolute Gasteiger partial charge is 0.243 e. The lowest BCUT2D eigenvalue weighted by molar-refractivity contribution is 0.332. The predicted molar refractivity (Wildman–Crippen MR) is 79.6 cm³/mol. The number of aromatic amines is 1. The van der Waals surface area contributed by atoms with Gasteiger partial charge in [-0.3, -0.25) is 0 Å². The van der Waals surface area contributed by atoms with Crippen LogP contribution in [0.5, 0.6) is 0 Å². The summed E-state index contributed by atoms with van der Waals surface area (Å²) in [6, 6.07) is 7.69. The number of nitrogens with zero attached hydrogens (tertiary/aromatic N) is 3. The number of nitrogens with two attached hydrogens (primary N) is 1. The highest BCUT2D eigenvalue weighted by Crippen LogP contribution is 2.18. The van der Waals surface area contributed by atoms with Crippen molar-refractivity contribution in [3.8, 4) is 0 Å². The lowest BCUT2D eigenvalue weighted by Crippen LogP contribution is -2.13. The van der Waals surface area contributed by atoms with Gasteiger partial charge in [0.1, 0.15) is 5.82 Å². The Balaban J connectivity index is 1.74. The molecule has 0 fully saturated rings. The quantitative estimate of drug-likeness (QED) is 0.751. The van der Waals surface area contributed by atoms with Crippen molar-refractivity contribution in [2.24, 2.45) is 11.7 Å². The minimum absolute atomic E-state index is 0.207. The average Bonchev–Trinajstić information content (AvgIpc) is 3.04. The van der Waals surface area contributed by atoms with Gasteiger partial charge in [-0.2, -0.15) is 4.98 Å². The summed E-state index contributed by atoms with van der Waals surface area (Å²) in [5.41, 5.74) is 7.99. The molecule has 110 valence electrons. The Morgan fingerprint density at radius 2 is 2.05 bits per heavy atom. The maximum atomic E-state index is 6.04. The van der Waals surface area contributed by atoms with E-state index in [0.29, 0.717) is 24.1 Å². The molecule has 0 aliphatic rings. The zero-order chi connectivity index (χ0) is 14.8. The third kappa shape index (κ3) is 3.11. The maximum absolute atomic E-state index is 6.04. The van der Waals surface area contributed by atoms with Crippen LogP contribution in [0.2, 0.25) is 0 Å². The van der Waals surface area contributed by atoms with Crippen molar-refractivity contribution in [1.82, 2.24) is 20.1 Å².